The van der Waals surface area contributed by atoms with Crippen LogP contribution in [-0.4, -0.2) is 10.1 Å². The van der Waals surface area contributed by atoms with Gasteiger partial charge < -0.3 is 9.26 Å². The van der Waals surface area contributed by atoms with Crippen molar-refractivity contribution in [2.45, 2.75) is 13.0 Å². The number of aromatic nitrogens is 2. The predicted molar refractivity (Wildman–Crippen MR) is 92.9 cm³/mol. The van der Waals surface area contributed by atoms with Gasteiger partial charge in [-0.2, -0.15) is 4.98 Å². The van der Waals surface area contributed by atoms with Gasteiger partial charge in [0.25, 0.3) is 5.89 Å². The number of halogens is 3. The zero-order chi connectivity index (χ0) is 16.4. The third kappa shape index (κ3) is 3.86. The highest BCUT2D eigenvalue weighted by atomic mass is 79.9. The van der Waals surface area contributed by atoms with Gasteiger partial charge in [-0.25, -0.2) is 0 Å². The molecule has 2 aromatic carbocycles. The zero-order valence-electron chi connectivity index (χ0n) is 12.0. The van der Waals surface area contributed by atoms with Gasteiger partial charge in [0.05, 0.1) is 5.02 Å². The highest BCUT2D eigenvalue weighted by Gasteiger charge is 2.18. The van der Waals surface area contributed by atoms with Gasteiger partial charge in [0.1, 0.15) is 5.75 Å². The number of benzene rings is 2. The largest absolute Gasteiger partial charge is 0.479 e. The normalized spacial score (nSPS) is 12.2. The zero-order valence-corrected chi connectivity index (χ0v) is 15.1. The molecule has 1 aromatic heterocycles. The van der Waals surface area contributed by atoms with Crippen LogP contribution in [0.4, 0.5) is 0 Å². The van der Waals surface area contributed by atoms with Crippen LogP contribution in [0.1, 0.15) is 18.9 Å². The fourth-order valence-corrected chi connectivity index (χ4v) is 2.65. The van der Waals surface area contributed by atoms with Crippen molar-refractivity contribution >= 4 is 39.1 Å². The Labute approximate surface area is 151 Å². The van der Waals surface area contributed by atoms with Crippen molar-refractivity contribution in [3.05, 3.63) is 62.9 Å². The summed E-state index contributed by atoms with van der Waals surface area (Å²) >= 11 is 15.4. The average molecular weight is 414 g/mol. The number of ether oxygens (including phenoxy) is 1. The summed E-state index contributed by atoms with van der Waals surface area (Å²) in [6, 6.07) is 12.7. The molecule has 1 atom stereocenters. The van der Waals surface area contributed by atoms with Crippen LogP contribution >= 0.6 is 39.1 Å². The Morgan fingerprint density at radius 1 is 1.13 bits per heavy atom. The first-order chi connectivity index (χ1) is 11.0. The Bertz CT molecular complexity index is 821. The Morgan fingerprint density at radius 2 is 1.87 bits per heavy atom. The molecule has 0 spiro atoms. The summed E-state index contributed by atoms with van der Waals surface area (Å²) < 4.78 is 12.0. The predicted octanol–water partition coefficient (Wildman–Crippen LogP) is 5.95. The smallest absolute Gasteiger partial charge is 0.267 e. The fourth-order valence-electron chi connectivity index (χ4n) is 1.93. The van der Waals surface area contributed by atoms with Crippen molar-refractivity contribution in [2.75, 3.05) is 0 Å². The maximum Gasteiger partial charge on any atom is 0.267 e. The van der Waals surface area contributed by atoms with Gasteiger partial charge in [-0.15, -0.1) is 0 Å². The van der Waals surface area contributed by atoms with Crippen molar-refractivity contribution in [2.24, 2.45) is 0 Å². The minimum Gasteiger partial charge on any atom is -0.479 e. The van der Waals surface area contributed by atoms with E-state index in [0.717, 1.165) is 10.0 Å². The molecule has 0 saturated heterocycles. The number of rotatable bonds is 4. The van der Waals surface area contributed by atoms with E-state index in [2.05, 4.69) is 26.1 Å². The van der Waals surface area contributed by atoms with E-state index >= 15 is 0 Å². The van der Waals surface area contributed by atoms with Gasteiger partial charge in [0, 0.05) is 15.1 Å². The van der Waals surface area contributed by atoms with Crippen LogP contribution in [0.2, 0.25) is 10.0 Å². The summed E-state index contributed by atoms with van der Waals surface area (Å²) in [6.07, 6.45) is -0.439. The van der Waals surface area contributed by atoms with E-state index in [1.54, 1.807) is 18.2 Å². The number of hydrogen-bond acceptors (Lipinski definition) is 4. The van der Waals surface area contributed by atoms with Crippen molar-refractivity contribution in [1.82, 2.24) is 10.1 Å². The van der Waals surface area contributed by atoms with Crippen molar-refractivity contribution in [3.63, 3.8) is 0 Å². The molecule has 23 heavy (non-hydrogen) atoms. The molecule has 0 bridgehead atoms. The van der Waals surface area contributed by atoms with Crippen LogP contribution < -0.4 is 4.74 Å². The lowest BCUT2D eigenvalue weighted by molar-refractivity contribution is 0.176. The second-order valence-corrected chi connectivity index (χ2v) is 6.56. The van der Waals surface area contributed by atoms with Crippen LogP contribution in [0, 0.1) is 0 Å². The SMILES string of the molecule is C[C@@H](Oc1ccc(Cl)cc1Cl)c1nc(-c2ccc(Br)cc2)no1. The Balaban J connectivity index is 1.78. The molecule has 0 aliphatic heterocycles. The molecule has 4 nitrogen and oxygen atoms in total. The van der Waals surface area contributed by atoms with E-state index in [-0.39, 0.29) is 0 Å². The minimum atomic E-state index is -0.439. The second-order valence-electron chi connectivity index (χ2n) is 4.80. The van der Waals surface area contributed by atoms with E-state index in [1.165, 1.54) is 0 Å². The third-order valence-electron chi connectivity index (χ3n) is 3.09. The van der Waals surface area contributed by atoms with Gasteiger partial charge in [-0.05, 0) is 49.4 Å². The second kappa shape index (κ2) is 6.91. The molecule has 0 radical (unpaired) electrons. The Hall–Kier alpha value is -1.56. The lowest BCUT2D eigenvalue weighted by Crippen LogP contribution is -2.03. The minimum absolute atomic E-state index is 0.369. The van der Waals surface area contributed by atoms with E-state index in [0.29, 0.717) is 27.5 Å². The highest BCUT2D eigenvalue weighted by molar-refractivity contribution is 9.10. The summed E-state index contributed by atoms with van der Waals surface area (Å²) in [4.78, 5) is 4.37. The number of hydrogen-bond donors (Lipinski definition) is 0. The molecule has 0 N–H and O–H groups in total. The molecule has 0 aliphatic carbocycles. The maximum absolute atomic E-state index is 6.10. The molecule has 0 amide bonds. The van der Waals surface area contributed by atoms with Crippen molar-refractivity contribution in [1.29, 1.82) is 0 Å². The maximum atomic E-state index is 6.10. The molecule has 0 fully saturated rings. The first kappa shape index (κ1) is 16.3. The summed E-state index contributed by atoms with van der Waals surface area (Å²) in [7, 11) is 0. The molecular formula is C16H11BrCl2N2O2. The van der Waals surface area contributed by atoms with Crippen molar-refractivity contribution < 1.29 is 9.26 Å². The monoisotopic (exact) mass is 412 g/mol. The summed E-state index contributed by atoms with van der Waals surface area (Å²) in [5.41, 5.74) is 0.861. The highest BCUT2D eigenvalue weighted by Crippen LogP contribution is 2.31. The molecule has 7 heteroatoms. The van der Waals surface area contributed by atoms with Crippen LogP contribution in [0.15, 0.2) is 51.5 Å². The third-order valence-corrected chi connectivity index (χ3v) is 4.15. The lowest BCUT2D eigenvalue weighted by Gasteiger charge is -2.12. The molecule has 118 valence electrons. The van der Waals surface area contributed by atoms with E-state index in [4.69, 9.17) is 32.5 Å². The Kier molecular flexibility index (Phi) is 4.90. The van der Waals surface area contributed by atoms with Gasteiger partial charge >= 0.3 is 0 Å². The topological polar surface area (TPSA) is 48.2 Å². The fraction of sp³-hybridized carbons (Fsp3) is 0.125. The average Bonchev–Trinajstić information content (AvgIpc) is 3.01. The summed E-state index contributed by atoms with van der Waals surface area (Å²) in [6.45, 7) is 1.81. The summed E-state index contributed by atoms with van der Waals surface area (Å²) in [5.74, 6) is 1.38. The Morgan fingerprint density at radius 3 is 2.57 bits per heavy atom. The van der Waals surface area contributed by atoms with Gasteiger partial charge in [-0.1, -0.05) is 44.3 Å². The van der Waals surface area contributed by atoms with Gasteiger partial charge in [0.2, 0.25) is 5.82 Å². The molecule has 3 rings (SSSR count). The molecule has 1 heterocycles. The lowest BCUT2D eigenvalue weighted by atomic mass is 10.2. The van der Waals surface area contributed by atoms with E-state index < -0.39 is 6.10 Å². The van der Waals surface area contributed by atoms with E-state index in [9.17, 15) is 0 Å². The molecule has 0 saturated carbocycles. The first-order valence-electron chi connectivity index (χ1n) is 6.74. The van der Waals surface area contributed by atoms with Gasteiger partial charge in [-0.3, -0.25) is 0 Å². The first-order valence-corrected chi connectivity index (χ1v) is 8.29. The molecule has 3 aromatic rings. The van der Waals surface area contributed by atoms with Gasteiger partial charge in [0.15, 0.2) is 6.10 Å². The van der Waals surface area contributed by atoms with Crippen LogP contribution in [-0.2, 0) is 0 Å². The molecule has 0 unspecified atom stereocenters. The van der Waals surface area contributed by atoms with Crippen molar-refractivity contribution in [3.8, 4) is 17.1 Å². The quantitative estimate of drug-likeness (QED) is 0.530. The van der Waals surface area contributed by atoms with Crippen LogP contribution in [0.5, 0.6) is 5.75 Å². The standard InChI is InChI=1S/C16H11BrCl2N2O2/c1-9(22-14-7-6-12(18)8-13(14)19)16-20-15(21-23-16)10-2-4-11(17)5-3-10/h2-9H,1H3/t9-/m1/s1. The van der Waals surface area contributed by atoms with E-state index in [1.807, 2.05) is 31.2 Å². The van der Waals surface area contributed by atoms with Crippen LogP contribution in [0.3, 0.4) is 0 Å². The van der Waals surface area contributed by atoms with Crippen LogP contribution in [0.25, 0.3) is 11.4 Å². The number of nitrogens with zero attached hydrogens (tertiary/aromatic N) is 2. The summed E-state index contributed by atoms with van der Waals surface area (Å²) in [5, 5.41) is 4.95. The molecule has 0 aliphatic rings. The molecular weight excluding hydrogens is 403 g/mol.